The van der Waals surface area contributed by atoms with Crippen LogP contribution in [0.4, 0.5) is 0 Å². The molecule has 0 aromatic heterocycles. The second kappa shape index (κ2) is 6.00. The van der Waals surface area contributed by atoms with Crippen LogP contribution in [0.5, 0.6) is 0 Å². The van der Waals surface area contributed by atoms with Crippen molar-refractivity contribution in [1.29, 1.82) is 0 Å². The lowest BCUT2D eigenvalue weighted by Crippen LogP contribution is -2.36. The molecule has 1 heterocycles. The molecule has 106 valence electrons. The molecular weight excluding hydrogens is 264 g/mol. The van der Waals surface area contributed by atoms with Gasteiger partial charge in [-0.2, -0.15) is 0 Å². The number of benzene rings is 1. The maximum absolute atomic E-state index is 11.6. The number of hydrogen-bond donors (Lipinski definition) is 2. The molecule has 1 saturated heterocycles. The zero-order chi connectivity index (χ0) is 13.9. The van der Waals surface area contributed by atoms with Crippen LogP contribution in [0.15, 0.2) is 29.2 Å². The molecule has 1 unspecified atom stereocenters. The molecule has 0 bridgehead atoms. The molecule has 2 rings (SSSR count). The van der Waals surface area contributed by atoms with Gasteiger partial charge in [-0.05, 0) is 36.5 Å². The summed E-state index contributed by atoms with van der Waals surface area (Å²) in [7, 11) is -3.19. The molecule has 1 aliphatic rings. The van der Waals surface area contributed by atoms with Crippen molar-refractivity contribution in [1.82, 2.24) is 5.43 Å². The Morgan fingerprint density at radius 2 is 2.05 bits per heavy atom. The van der Waals surface area contributed by atoms with Crippen LogP contribution in [0.2, 0.25) is 0 Å². The smallest absolute Gasteiger partial charge is 0.175 e. The molecule has 19 heavy (non-hydrogen) atoms. The fraction of sp³-hybridized carbons (Fsp3) is 0.538. The Hall–Kier alpha value is -0.950. The quantitative estimate of drug-likeness (QED) is 0.637. The zero-order valence-electron chi connectivity index (χ0n) is 11.0. The largest absolute Gasteiger partial charge is 0.381 e. The van der Waals surface area contributed by atoms with E-state index in [9.17, 15) is 8.42 Å². The highest BCUT2D eigenvalue weighted by Gasteiger charge is 2.25. The van der Waals surface area contributed by atoms with Crippen LogP contribution < -0.4 is 11.3 Å². The number of rotatable bonds is 4. The standard InChI is InChI=1S/C13H20N2O3S/c1-19(16,17)12-4-2-3-11(9-12)13(15-14)10-5-7-18-8-6-10/h2-4,9-10,13,15H,5-8,14H2,1H3. The minimum absolute atomic E-state index is 0.0365. The molecule has 1 aromatic rings. The van der Waals surface area contributed by atoms with Gasteiger partial charge in [-0.1, -0.05) is 12.1 Å². The highest BCUT2D eigenvalue weighted by molar-refractivity contribution is 7.90. The van der Waals surface area contributed by atoms with Gasteiger partial charge in [0.2, 0.25) is 0 Å². The Morgan fingerprint density at radius 3 is 2.63 bits per heavy atom. The SMILES string of the molecule is CS(=O)(=O)c1cccc(C(NN)C2CCOCC2)c1. The van der Waals surface area contributed by atoms with Gasteiger partial charge in [0, 0.05) is 25.5 Å². The van der Waals surface area contributed by atoms with Gasteiger partial charge in [0.1, 0.15) is 0 Å². The molecule has 0 aliphatic carbocycles. The van der Waals surface area contributed by atoms with Crippen molar-refractivity contribution in [3.05, 3.63) is 29.8 Å². The average Bonchev–Trinajstić information content (AvgIpc) is 2.40. The molecule has 5 nitrogen and oxygen atoms in total. The maximum Gasteiger partial charge on any atom is 0.175 e. The second-order valence-electron chi connectivity index (χ2n) is 4.94. The summed E-state index contributed by atoms with van der Waals surface area (Å²) in [6.07, 6.45) is 3.07. The van der Waals surface area contributed by atoms with Crippen LogP contribution in [-0.4, -0.2) is 27.9 Å². The van der Waals surface area contributed by atoms with Gasteiger partial charge in [0.15, 0.2) is 9.84 Å². The van der Waals surface area contributed by atoms with Gasteiger partial charge in [0.05, 0.1) is 4.90 Å². The third-order valence-electron chi connectivity index (χ3n) is 3.56. The number of nitrogens with two attached hydrogens (primary N) is 1. The van der Waals surface area contributed by atoms with Crippen molar-refractivity contribution >= 4 is 9.84 Å². The van der Waals surface area contributed by atoms with E-state index in [0.29, 0.717) is 10.8 Å². The van der Waals surface area contributed by atoms with Crippen molar-refractivity contribution < 1.29 is 13.2 Å². The summed E-state index contributed by atoms with van der Waals surface area (Å²) in [4.78, 5) is 0.331. The van der Waals surface area contributed by atoms with Crippen LogP contribution in [0.25, 0.3) is 0 Å². The number of ether oxygens (including phenoxy) is 1. The van der Waals surface area contributed by atoms with Gasteiger partial charge < -0.3 is 4.74 Å². The molecule has 3 N–H and O–H groups in total. The fourth-order valence-electron chi connectivity index (χ4n) is 2.49. The first-order chi connectivity index (χ1) is 9.02. The molecule has 0 spiro atoms. The molecular formula is C13H20N2O3S. The third kappa shape index (κ3) is 3.54. The second-order valence-corrected chi connectivity index (χ2v) is 6.95. The predicted octanol–water partition coefficient (Wildman–Crippen LogP) is 1.02. The third-order valence-corrected chi connectivity index (χ3v) is 4.67. The lowest BCUT2D eigenvalue weighted by Gasteiger charge is -2.30. The molecule has 0 amide bonds. The first-order valence-electron chi connectivity index (χ1n) is 6.36. The molecule has 0 radical (unpaired) electrons. The van der Waals surface area contributed by atoms with Crippen molar-refractivity contribution in [2.45, 2.75) is 23.8 Å². The molecule has 1 aromatic carbocycles. The fourth-order valence-corrected chi connectivity index (χ4v) is 3.17. The van der Waals surface area contributed by atoms with E-state index in [-0.39, 0.29) is 6.04 Å². The maximum atomic E-state index is 11.6. The van der Waals surface area contributed by atoms with Crippen molar-refractivity contribution in [2.75, 3.05) is 19.5 Å². The zero-order valence-corrected chi connectivity index (χ0v) is 11.8. The normalized spacial score (nSPS) is 19.3. The topological polar surface area (TPSA) is 81.4 Å². The highest BCUT2D eigenvalue weighted by atomic mass is 32.2. The first-order valence-corrected chi connectivity index (χ1v) is 8.25. The summed E-state index contributed by atoms with van der Waals surface area (Å²) in [5, 5.41) is 0. The van der Waals surface area contributed by atoms with Crippen LogP contribution in [0.3, 0.4) is 0 Å². The van der Waals surface area contributed by atoms with Crippen molar-refractivity contribution in [3.8, 4) is 0 Å². The Morgan fingerprint density at radius 1 is 1.37 bits per heavy atom. The molecule has 0 saturated carbocycles. The average molecular weight is 284 g/mol. The molecule has 1 aliphatic heterocycles. The van der Waals surface area contributed by atoms with Crippen LogP contribution >= 0.6 is 0 Å². The van der Waals surface area contributed by atoms with E-state index in [4.69, 9.17) is 10.6 Å². The Bertz CT molecular complexity index is 524. The van der Waals surface area contributed by atoms with E-state index in [0.717, 1.165) is 31.6 Å². The van der Waals surface area contributed by atoms with Gasteiger partial charge >= 0.3 is 0 Å². The predicted molar refractivity (Wildman–Crippen MR) is 73.2 cm³/mol. The van der Waals surface area contributed by atoms with Gasteiger partial charge in [0.25, 0.3) is 0 Å². The Balaban J connectivity index is 2.27. The van der Waals surface area contributed by atoms with Gasteiger partial charge in [-0.3, -0.25) is 11.3 Å². The summed E-state index contributed by atoms with van der Waals surface area (Å²) in [6, 6.07) is 6.95. The van der Waals surface area contributed by atoms with Crippen LogP contribution in [0.1, 0.15) is 24.4 Å². The minimum atomic E-state index is -3.19. The number of hydrazine groups is 1. The van der Waals surface area contributed by atoms with Gasteiger partial charge in [-0.25, -0.2) is 8.42 Å². The summed E-state index contributed by atoms with van der Waals surface area (Å²) >= 11 is 0. The summed E-state index contributed by atoms with van der Waals surface area (Å²) in [5.74, 6) is 6.02. The van der Waals surface area contributed by atoms with E-state index >= 15 is 0 Å². The lowest BCUT2D eigenvalue weighted by molar-refractivity contribution is 0.0536. The molecule has 1 fully saturated rings. The summed E-state index contributed by atoms with van der Waals surface area (Å²) in [6.45, 7) is 1.46. The first kappa shape index (κ1) is 14.5. The van der Waals surface area contributed by atoms with E-state index in [1.54, 1.807) is 18.2 Å². The van der Waals surface area contributed by atoms with Crippen molar-refractivity contribution in [2.24, 2.45) is 11.8 Å². The lowest BCUT2D eigenvalue weighted by atomic mass is 9.87. The Kier molecular flexibility index (Phi) is 4.57. The monoisotopic (exact) mass is 284 g/mol. The van der Waals surface area contributed by atoms with Gasteiger partial charge in [-0.15, -0.1) is 0 Å². The van der Waals surface area contributed by atoms with E-state index in [1.165, 1.54) is 6.26 Å². The number of hydrogen-bond acceptors (Lipinski definition) is 5. The van der Waals surface area contributed by atoms with E-state index in [1.807, 2.05) is 6.07 Å². The Labute approximate surface area is 114 Å². The van der Waals surface area contributed by atoms with E-state index < -0.39 is 9.84 Å². The van der Waals surface area contributed by atoms with Crippen molar-refractivity contribution in [3.63, 3.8) is 0 Å². The summed E-state index contributed by atoms with van der Waals surface area (Å²) in [5.41, 5.74) is 3.73. The molecule has 1 atom stereocenters. The minimum Gasteiger partial charge on any atom is -0.381 e. The van der Waals surface area contributed by atoms with Crippen LogP contribution in [-0.2, 0) is 14.6 Å². The number of sulfone groups is 1. The summed E-state index contributed by atoms with van der Waals surface area (Å²) < 4.78 is 28.5. The highest BCUT2D eigenvalue weighted by Crippen LogP contribution is 2.30. The van der Waals surface area contributed by atoms with Crippen LogP contribution in [0, 0.1) is 5.92 Å². The molecule has 6 heteroatoms. The number of nitrogens with one attached hydrogen (secondary N) is 1. The van der Waals surface area contributed by atoms with E-state index in [2.05, 4.69) is 5.43 Å².